The zero-order valence-electron chi connectivity index (χ0n) is 16.1. The zero-order valence-corrected chi connectivity index (χ0v) is 17.7. The molecule has 152 valence electrons. The number of aliphatic hydroxyl groups is 1. The predicted octanol–water partition coefficient (Wildman–Crippen LogP) is 5.38. The first-order chi connectivity index (χ1) is 14.5. The molecule has 1 unspecified atom stereocenters. The van der Waals surface area contributed by atoms with Gasteiger partial charge in [0, 0.05) is 15.3 Å². The lowest BCUT2D eigenvalue weighted by atomic mass is 10.1. The topological polar surface area (TPSA) is 75.4 Å². The van der Waals surface area contributed by atoms with Crippen molar-refractivity contribution in [1.29, 1.82) is 0 Å². The summed E-state index contributed by atoms with van der Waals surface area (Å²) in [5, 5.41) is 18.0. The minimum atomic E-state index is -0.687. The standard InChI is InChI=1S/C23H19ClN2O3S/c1-14-20(21(26-29-14)17-9-5-6-10-18(17)24)23(28)25-13-16-11-12-19(30-16)22(27)15-7-3-2-4-8-15/h2-12,22,27H,13H2,1H3,(H,25,28). The number of benzene rings is 2. The number of rotatable bonds is 6. The third-order valence-electron chi connectivity index (χ3n) is 4.71. The van der Waals surface area contributed by atoms with Crippen LogP contribution in [0.4, 0.5) is 0 Å². The smallest absolute Gasteiger partial charge is 0.257 e. The first-order valence-corrected chi connectivity index (χ1v) is 10.5. The van der Waals surface area contributed by atoms with Crippen LogP contribution in [0, 0.1) is 6.92 Å². The number of hydrogen-bond acceptors (Lipinski definition) is 5. The van der Waals surface area contributed by atoms with E-state index in [1.807, 2.05) is 54.6 Å². The number of carbonyl (C=O) groups excluding carboxylic acids is 1. The summed E-state index contributed by atoms with van der Waals surface area (Å²) in [7, 11) is 0. The molecule has 0 radical (unpaired) electrons. The molecule has 0 spiro atoms. The Morgan fingerprint density at radius 3 is 2.63 bits per heavy atom. The molecule has 0 aliphatic carbocycles. The molecule has 5 nitrogen and oxygen atoms in total. The molecule has 4 rings (SSSR count). The number of aryl methyl sites for hydroxylation is 1. The van der Waals surface area contributed by atoms with E-state index >= 15 is 0 Å². The molecule has 0 aliphatic rings. The minimum absolute atomic E-state index is 0.290. The van der Waals surface area contributed by atoms with Gasteiger partial charge in [-0.2, -0.15) is 0 Å². The summed E-state index contributed by atoms with van der Waals surface area (Å²) < 4.78 is 5.26. The van der Waals surface area contributed by atoms with Crippen LogP contribution in [-0.4, -0.2) is 16.2 Å². The molecule has 30 heavy (non-hydrogen) atoms. The van der Waals surface area contributed by atoms with Crippen molar-refractivity contribution in [2.75, 3.05) is 0 Å². The molecule has 2 N–H and O–H groups in total. The minimum Gasteiger partial charge on any atom is -0.383 e. The van der Waals surface area contributed by atoms with Gasteiger partial charge in [-0.3, -0.25) is 4.79 Å². The quantitative estimate of drug-likeness (QED) is 0.424. The summed E-state index contributed by atoms with van der Waals surface area (Å²) in [4.78, 5) is 14.6. The largest absolute Gasteiger partial charge is 0.383 e. The molecule has 1 amide bonds. The van der Waals surface area contributed by atoms with Crippen molar-refractivity contribution in [3.63, 3.8) is 0 Å². The average molecular weight is 439 g/mol. The van der Waals surface area contributed by atoms with Crippen LogP contribution in [0.2, 0.25) is 5.02 Å². The van der Waals surface area contributed by atoms with Crippen LogP contribution < -0.4 is 5.32 Å². The van der Waals surface area contributed by atoms with Gasteiger partial charge in [-0.1, -0.05) is 65.3 Å². The average Bonchev–Trinajstić information content (AvgIpc) is 3.39. The first kappa shape index (κ1) is 20.3. The molecule has 0 fully saturated rings. The number of halogens is 1. The van der Waals surface area contributed by atoms with E-state index in [-0.39, 0.29) is 5.91 Å². The zero-order chi connectivity index (χ0) is 21.1. The Hall–Kier alpha value is -2.93. The fourth-order valence-electron chi connectivity index (χ4n) is 3.17. The second kappa shape index (κ2) is 8.83. The molecule has 0 saturated carbocycles. The van der Waals surface area contributed by atoms with Gasteiger partial charge in [0.15, 0.2) is 0 Å². The van der Waals surface area contributed by atoms with E-state index in [4.69, 9.17) is 16.1 Å². The Bertz CT molecular complexity index is 1170. The molecular formula is C23H19ClN2O3S. The van der Waals surface area contributed by atoms with Gasteiger partial charge in [0.05, 0.1) is 11.6 Å². The van der Waals surface area contributed by atoms with Gasteiger partial charge in [0.1, 0.15) is 23.1 Å². The lowest BCUT2D eigenvalue weighted by Gasteiger charge is -2.08. The van der Waals surface area contributed by atoms with Gasteiger partial charge >= 0.3 is 0 Å². The van der Waals surface area contributed by atoms with Gasteiger partial charge in [-0.15, -0.1) is 11.3 Å². The summed E-state index contributed by atoms with van der Waals surface area (Å²) in [6.07, 6.45) is -0.687. The van der Waals surface area contributed by atoms with E-state index in [0.29, 0.717) is 34.1 Å². The molecule has 0 aliphatic heterocycles. The Balaban J connectivity index is 1.48. The number of thiophene rings is 1. The fraction of sp³-hybridized carbons (Fsp3) is 0.130. The second-order valence-corrected chi connectivity index (χ2v) is 8.35. The normalized spacial score (nSPS) is 12.0. The lowest BCUT2D eigenvalue weighted by Crippen LogP contribution is -2.23. The first-order valence-electron chi connectivity index (χ1n) is 9.35. The highest BCUT2D eigenvalue weighted by Gasteiger charge is 2.23. The van der Waals surface area contributed by atoms with E-state index in [1.165, 1.54) is 11.3 Å². The summed E-state index contributed by atoms with van der Waals surface area (Å²) in [5.74, 6) is 0.135. The lowest BCUT2D eigenvalue weighted by molar-refractivity contribution is 0.0950. The molecule has 2 aromatic heterocycles. The van der Waals surface area contributed by atoms with Crippen LogP contribution in [0.1, 0.15) is 37.5 Å². The number of nitrogens with zero attached hydrogens (tertiary/aromatic N) is 1. The molecular weight excluding hydrogens is 420 g/mol. The number of nitrogens with one attached hydrogen (secondary N) is 1. The van der Waals surface area contributed by atoms with E-state index in [2.05, 4.69) is 10.5 Å². The number of amides is 1. The molecule has 0 saturated heterocycles. The summed E-state index contributed by atoms with van der Waals surface area (Å²) in [5.41, 5.74) is 2.26. The summed E-state index contributed by atoms with van der Waals surface area (Å²) in [6, 6.07) is 20.4. The van der Waals surface area contributed by atoms with Crippen LogP contribution in [0.15, 0.2) is 71.3 Å². The van der Waals surface area contributed by atoms with Crippen molar-refractivity contribution in [2.24, 2.45) is 0 Å². The maximum Gasteiger partial charge on any atom is 0.257 e. The Morgan fingerprint density at radius 2 is 1.87 bits per heavy atom. The van der Waals surface area contributed by atoms with Gasteiger partial charge in [-0.25, -0.2) is 0 Å². The Kier molecular flexibility index (Phi) is 5.99. The van der Waals surface area contributed by atoms with Crippen LogP contribution in [0.5, 0.6) is 0 Å². The number of aliphatic hydroxyl groups excluding tert-OH is 1. The van der Waals surface area contributed by atoms with Crippen molar-refractivity contribution in [3.8, 4) is 11.3 Å². The SMILES string of the molecule is Cc1onc(-c2ccccc2Cl)c1C(=O)NCc1ccc(C(O)c2ccccc2)s1. The highest BCUT2D eigenvalue weighted by molar-refractivity contribution is 7.12. The molecule has 0 bridgehead atoms. The highest BCUT2D eigenvalue weighted by Crippen LogP contribution is 2.31. The van der Waals surface area contributed by atoms with E-state index in [9.17, 15) is 9.90 Å². The third-order valence-corrected chi connectivity index (χ3v) is 6.18. The van der Waals surface area contributed by atoms with Crippen molar-refractivity contribution in [3.05, 3.63) is 98.4 Å². The predicted molar refractivity (Wildman–Crippen MR) is 118 cm³/mol. The maximum atomic E-state index is 12.9. The van der Waals surface area contributed by atoms with Gasteiger partial charge in [-0.05, 0) is 30.7 Å². The van der Waals surface area contributed by atoms with Gasteiger partial charge in [0.2, 0.25) is 0 Å². The maximum absolute atomic E-state index is 12.9. The Labute approximate surface area is 182 Å². The van der Waals surface area contributed by atoms with Crippen molar-refractivity contribution in [1.82, 2.24) is 10.5 Å². The number of hydrogen-bond donors (Lipinski definition) is 2. The number of carbonyl (C=O) groups is 1. The van der Waals surface area contributed by atoms with Crippen molar-refractivity contribution < 1.29 is 14.4 Å². The summed E-state index contributed by atoms with van der Waals surface area (Å²) >= 11 is 7.72. The van der Waals surface area contributed by atoms with Crippen molar-refractivity contribution >= 4 is 28.8 Å². The fourth-order valence-corrected chi connectivity index (χ4v) is 4.36. The second-order valence-electron chi connectivity index (χ2n) is 6.74. The third kappa shape index (κ3) is 4.16. The molecule has 7 heteroatoms. The van der Waals surface area contributed by atoms with Gasteiger partial charge in [0.25, 0.3) is 5.91 Å². The van der Waals surface area contributed by atoms with Crippen LogP contribution in [0.25, 0.3) is 11.3 Å². The van der Waals surface area contributed by atoms with Crippen LogP contribution >= 0.6 is 22.9 Å². The molecule has 1 atom stereocenters. The molecule has 4 aromatic rings. The molecule has 2 heterocycles. The van der Waals surface area contributed by atoms with E-state index < -0.39 is 6.10 Å². The Morgan fingerprint density at radius 1 is 1.13 bits per heavy atom. The van der Waals surface area contributed by atoms with E-state index in [1.54, 1.807) is 19.1 Å². The molecule has 2 aromatic carbocycles. The summed E-state index contributed by atoms with van der Waals surface area (Å²) in [6.45, 7) is 2.03. The van der Waals surface area contributed by atoms with Gasteiger partial charge < -0.3 is 14.9 Å². The number of aromatic nitrogens is 1. The van der Waals surface area contributed by atoms with Crippen LogP contribution in [0.3, 0.4) is 0 Å². The van der Waals surface area contributed by atoms with E-state index in [0.717, 1.165) is 15.3 Å². The highest BCUT2D eigenvalue weighted by atomic mass is 35.5. The monoisotopic (exact) mass is 438 g/mol. The van der Waals surface area contributed by atoms with Crippen molar-refractivity contribution in [2.45, 2.75) is 19.6 Å². The van der Waals surface area contributed by atoms with Crippen LogP contribution in [-0.2, 0) is 6.54 Å².